The number of carbonyl (C=O) groups is 2. The van der Waals surface area contributed by atoms with Gasteiger partial charge in [-0.2, -0.15) is 0 Å². The van der Waals surface area contributed by atoms with Crippen molar-refractivity contribution in [2.45, 2.75) is 5.79 Å². The first-order chi connectivity index (χ1) is 8.65. The van der Waals surface area contributed by atoms with Gasteiger partial charge in [0, 0.05) is 5.56 Å². The van der Waals surface area contributed by atoms with Crippen LogP contribution in [0.4, 0.5) is 5.69 Å². The summed E-state index contributed by atoms with van der Waals surface area (Å²) < 4.78 is 10.9. The average Bonchev–Trinajstić information content (AvgIpc) is 2.92. The molecule has 1 spiro atoms. The van der Waals surface area contributed by atoms with Crippen LogP contribution in [-0.2, 0) is 24.8 Å². The summed E-state index contributed by atoms with van der Waals surface area (Å²) in [6.07, 6.45) is 0. The normalized spacial score (nSPS) is 19.4. The Morgan fingerprint density at radius 2 is 1.95 bits per heavy atom. The quantitative estimate of drug-likeness (QED) is 0.518. The molecule has 19 heavy (non-hydrogen) atoms. The Bertz CT molecular complexity index is 527. The number of benzene rings is 1. The molecule has 1 fully saturated rings. The standard InChI is InChI=1S/C12H11NO5.K/c14-10(15)7-13-9-4-2-1-3-8(9)12(11(13)16)17-5-6-18-12;/h1-4H,5-7H2,(H,14,15);/q;+1/p-1. The molecule has 1 aromatic carbocycles. The molecule has 0 aromatic heterocycles. The number of aliphatic carboxylic acids is 1. The predicted molar refractivity (Wildman–Crippen MR) is 57.4 cm³/mol. The molecule has 0 atom stereocenters. The van der Waals surface area contributed by atoms with Crippen LogP contribution in [0.2, 0.25) is 0 Å². The summed E-state index contributed by atoms with van der Waals surface area (Å²) in [6, 6.07) is 6.84. The summed E-state index contributed by atoms with van der Waals surface area (Å²) in [4.78, 5) is 24.2. The molecule has 0 bridgehead atoms. The van der Waals surface area contributed by atoms with Gasteiger partial charge < -0.3 is 24.3 Å². The molecule has 1 aromatic rings. The monoisotopic (exact) mass is 287 g/mol. The van der Waals surface area contributed by atoms with E-state index in [4.69, 9.17) is 9.47 Å². The van der Waals surface area contributed by atoms with E-state index in [9.17, 15) is 14.7 Å². The van der Waals surface area contributed by atoms with E-state index in [0.717, 1.165) is 4.90 Å². The Kier molecular flexibility index (Phi) is 4.46. The second kappa shape index (κ2) is 5.61. The summed E-state index contributed by atoms with van der Waals surface area (Å²) >= 11 is 0. The van der Waals surface area contributed by atoms with E-state index in [1.807, 2.05) is 0 Å². The molecule has 7 heteroatoms. The smallest absolute Gasteiger partial charge is 0.548 e. The second-order valence-corrected chi connectivity index (χ2v) is 4.09. The van der Waals surface area contributed by atoms with E-state index in [1.54, 1.807) is 24.3 Å². The Morgan fingerprint density at radius 3 is 2.58 bits per heavy atom. The number of para-hydroxylation sites is 1. The molecule has 1 amide bonds. The van der Waals surface area contributed by atoms with Gasteiger partial charge in [0.25, 0.3) is 11.7 Å². The molecule has 2 aliphatic heterocycles. The SMILES string of the molecule is O=C([O-])CN1C(=O)C2(OCCO2)c2ccccc21.[K+]. The van der Waals surface area contributed by atoms with Crippen LogP contribution in [0.5, 0.6) is 0 Å². The van der Waals surface area contributed by atoms with Gasteiger partial charge in [-0.05, 0) is 6.07 Å². The van der Waals surface area contributed by atoms with Crippen LogP contribution >= 0.6 is 0 Å². The van der Waals surface area contributed by atoms with Crippen molar-refractivity contribution < 1.29 is 75.6 Å². The Balaban J connectivity index is 0.00000133. The summed E-state index contributed by atoms with van der Waals surface area (Å²) in [7, 11) is 0. The number of carboxylic acid groups (broad SMARTS) is 1. The summed E-state index contributed by atoms with van der Waals surface area (Å²) in [6.45, 7) is 0.1000. The molecule has 2 aliphatic rings. The molecular formula is C12H10KNO5. The summed E-state index contributed by atoms with van der Waals surface area (Å²) in [5, 5.41) is 10.7. The number of ether oxygens (including phenoxy) is 2. The summed E-state index contributed by atoms with van der Waals surface area (Å²) in [5.74, 6) is -3.30. The Labute approximate surface area is 152 Å². The number of hydrogen-bond donors (Lipinski definition) is 0. The van der Waals surface area contributed by atoms with Crippen LogP contribution in [0.1, 0.15) is 5.56 Å². The van der Waals surface area contributed by atoms with Gasteiger partial charge in [-0.25, -0.2) is 0 Å². The van der Waals surface area contributed by atoms with Crippen molar-refractivity contribution in [3.05, 3.63) is 29.8 Å². The number of nitrogens with zero attached hydrogens (tertiary/aromatic N) is 1. The molecule has 1 saturated heterocycles. The maximum Gasteiger partial charge on any atom is 1.00 e. The van der Waals surface area contributed by atoms with Crippen LogP contribution < -0.4 is 61.4 Å². The fourth-order valence-corrected chi connectivity index (χ4v) is 2.37. The van der Waals surface area contributed by atoms with Gasteiger partial charge in [-0.1, -0.05) is 18.2 Å². The Morgan fingerprint density at radius 1 is 1.32 bits per heavy atom. The van der Waals surface area contributed by atoms with Gasteiger partial charge >= 0.3 is 51.4 Å². The Hall–Kier alpha value is -0.284. The van der Waals surface area contributed by atoms with Crippen LogP contribution in [0.3, 0.4) is 0 Å². The van der Waals surface area contributed by atoms with Crippen LogP contribution in [0, 0.1) is 0 Å². The molecule has 6 nitrogen and oxygen atoms in total. The van der Waals surface area contributed by atoms with E-state index >= 15 is 0 Å². The topological polar surface area (TPSA) is 78.9 Å². The van der Waals surface area contributed by atoms with Crippen molar-refractivity contribution in [3.8, 4) is 0 Å². The predicted octanol–water partition coefficient (Wildman–Crippen LogP) is -4.01. The zero-order valence-corrected chi connectivity index (χ0v) is 13.5. The third kappa shape index (κ3) is 2.29. The first kappa shape index (κ1) is 15.1. The molecule has 94 valence electrons. The molecule has 3 rings (SSSR count). The van der Waals surface area contributed by atoms with Crippen molar-refractivity contribution in [2.75, 3.05) is 24.7 Å². The third-order valence-corrected chi connectivity index (χ3v) is 3.06. The minimum absolute atomic E-state index is 0. The number of carbonyl (C=O) groups excluding carboxylic acids is 2. The first-order valence-corrected chi connectivity index (χ1v) is 5.54. The largest absolute Gasteiger partial charge is 1.00 e. The molecule has 2 heterocycles. The minimum atomic E-state index is -1.47. The van der Waals surface area contributed by atoms with Gasteiger partial charge in [-0.15, -0.1) is 0 Å². The van der Waals surface area contributed by atoms with Crippen molar-refractivity contribution in [1.82, 2.24) is 0 Å². The molecule has 0 radical (unpaired) electrons. The molecule has 0 N–H and O–H groups in total. The van der Waals surface area contributed by atoms with Crippen molar-refractivity contribution >= 4 is 17.6 Å². The molecule has 0 aliphatic carbocycles. The maximum atomic E-state index is 12.3. The first-order valence-electron chi connectivity index (χ1n) is 5.54. The van der Waals surface area contributed by atoms with E-state index in [-0.39, 0.29) is 51.4 Å². The number of amides is 1. The number of fused-ring (bicyclic) bond motifs is 2. The van der Waals surface area contributed by atoms with Gasteiger partial charge in [-0.3, -0.25) is 4.79 Å². The third-order valence-electron chi connectivity index (χ3n) is 3.06. The van der Waals surface area contributed by atoms with Crippen molar-refractivity contribution in [1.29, 1.82) is 0 Å². The van der Waals surface area contributed by atoms with Crippen LogP contribution in [0.15, 0.2) is 24.3 Å². The van der Waals surface area contributed by atoms with E-state index in [2.05, 4.69) is 0 Å². The van der Waals surface area contributed by atoms with Gasteiger partial charge in [0.15, 0.2) is 0 Å². The summed E-state index contributed by atoms with van der Waals surface area (Å²) in [5.41, 5.74) is 1.04. The van der Waals surface area contributed by atoms with Gasteiger partial charge in [0.05, 0.1) is 31.4 Å². The van der Waals surface area contributed by atoms with Gasteiger partial charge in [0.2, 0.25) is 0 Å². The molecular weight excluding hydrogens is 277 g/mol. The fraction of sp³-hybridized carbons (Fsp3) is 0.333. The van der Waals surface area contributed by atoms with Gasteiger partial charge in [0.1, 0.15) is 0 Å². The fourth-order valence-electron chi connectivity index (χ4n) is 2.37. The number of rotatable bonds is 2. The minimum Gasteiger partial charge on any atom is -0.548 e. The second-order valence-electron chi connectivity index (χ2n) is 4.09. The van der Waals surface area contributed by atoms with Crippen LogP contribution in [0.25, 0.3) is 0 Å². The number of carboxylic acids is 1. The molecule has 0 saturated carbocycles. The van der Waals surface area contributed by atoms with Crippen molar-refractivity contribution in [3.63, 3.8) is 0 Å². The van der Waals surface area contributed by atoms with E-state index in [0.29, 0.717) is 24.5 Å². The average molecular weight is 287 g/mol. The maximum absolute atomic E-state index is 12.3. The number of anilines is 1. The zero-order chi connectivity index (χ0) is 12.8. The van der Waals surface area contributed by atoms with Crippen molar-refractivity contribution in [2.24, 2.45) is 0 Å². The van der Waals surface area contributed by atoms with E-state index in [1.165, 1.54) is 0 Å². The zero-order valence-electron chi connectivity index (χ0n) is 10.4. The van der Waals surface area contributed by atoms with E-state index < -0.39 is 24.2 Å². The number of hydrogen-bond acceptors (Lipinski definition) is 5. The molecule has 0 unspecified atom stereocenters. The van der Waals surface area contributed by atoms with Crippen LogP contribution in [-0.4, -0.2) is 31.6 Å².